The molecule has 8 nitrogen and oxygen atoms in total. The first kappa shape index (κ1) is 34.2. The van der Waals surface area contributed by atoms with Gasteiger partial charge in [-0.25, -0.2) is 0 Å². The number of amides is 1. The van der Waals surface area contributed by atoms with E-state index in [-0.39, 0.29) is 12.3 Å². The second-order valence-electron chi connectivity index (χ2n) is 10.8. The molecule has 0 aliphatic carbocycles. The molecular weight excluding hydrogens is 667 g/mol. The number of carbonyl (C=O) groups excluding carboxylic acids is 1. The van der Waals surface area contributed by atoms with Crippen LogP contribution in [0.2, 0.25) is 10.0 Å². The van der Waals surface area contributed by atoms with Crippen molar-refractivity contribution in [2.24, 2.45) is 0 Å². The van der Waals surface area contributed by atoms with Gasteiger partial charge in [0, 0.05) is 47.4 Å². The van der Waals surface area contributed by atoms with Crippen LogP contribution in [0.5, 0.6) is 11.5 Å². The average molecular weight is 702 g/mol. The summed E-state index contributed by atoms with van der Waals surface area (Å²) in [6.45, 7) is 5.56. The van der Waals surface area contributed by atoms with Crippen molar-refractivity contribution in [1.29, 1.82) is 0 Å². The molecular formula is C34H34Cl2N2O6S2. The number of ether oxygens (including phenoxy) is 3. The molecule has 12 heteroatoms. The number of aliphatic carboxylic acids is 1. The van der Waals surface area contributed by atoms with Gasteiger partial charge in [0.2, 0.25) is 0 Å². The zero-order valence-electron chi connectivity index (χ0n) is 25.1. The van der Waals surface area contributed by atoms with Crippen LogP contribution in [0.25, 0.3) is 17.2 Å². The minimum absolute atomic E-state index is 0.0725. The molecule has 1 N–H and O–H groups in total. The molecule has 3 aromatic rings. The molecule has 0 unspecified atom stereocenters. The van der Waals surface area contributed by atoms with Crippen molar-refractivity contribution in [3.05, 3.63) is 86.7 Å². The number of carboxylic acids is 1. The van der Waals surface area contributed by atoms with E-state index in [0.29, 0.717) is 62.5 Å². The number of thioether (sulfide) groups is 1. The highest BCUT2D eigenvalue weighted by Crippen LogP contribution is 2.37. The number of carboxylic acid groups (broad SMARTS) is 1. The molecule has 2 aliphatic heterocycles. The molecule has 2 fully saturated rings. The van der Waals surface area contributed by atoms with Gasteiger partial charge in [0.1, 0.15) is 15.8 Å². The zero-order chi connectivity index (χ0) is 32.5. The molecule has 0 saturated carbocycles. The Hall–Kier alpha value is -3.12. The molecule has 46 heavy (non-hydrogen) atoms. The lowest BCUT2D eigenvalue weighted by Gasteiger charge is -2.26. The van der Waals surface area contributed by atoms with Gasteiger partial charge in [-0.2, -0.15) is 0 Å². The Labute approximate surface area is 288 Å². The van der Waals surface area contributed by atoms with Gasteiger partial charge in [-0.15, -0.1) is 0 Å². The van der Waals surface area contributed by atoms with Crippen molar-refractivity contribution in [2.75, 3.05) is 52.6 Å². The Morgan fingerprint density at radius 1 is 1.00 bits per heavy atom. The van der Waals surface area contributed by atoms with Gasteiger partial charge in [-0.05, 0) is 66.4 Å². The third-order valence-electron chi connectivity index (χ3n) is 7.44. The number of morpholine rings is 1. The normalized spacial score (nSPS) is 16.3. The average Bonchev–Trinajstić information content (AvgIpc) is 3.29. The van der Waals surface area contributed by atoms with E-state index in [1.54, 1.807) is 41.3 Å². The minimum atomic E-state index is -0.900. The van der Waals surface area contributed by atoms with Crippen LogP contribution in [-0.4, -0.2) is 83.7 Å². The fourth-order valence-corrected chi connectivity index (χ4v) is 6.96. The monoisotopic (exact) mass is 700 g/mol. The lowest BCUT2D eigenvalue weighted by Crippen LogP contribution is -2.37. The van der Waals surface area contributed by atoms with E-state index in [9.17, 15) is 9.59 Å². The van der Waals surface area contributed by atoms with E-state index >= 15 is 0 Å². The Kier molecular flexibility index (Phi) is 12.4. The number of thiocarbonyl (C=S) groups is 1. The van der Waals surface area contributed by atoms with Gasteiger partial charge in [0.15, 0.2) is 0 Å². The van der Waals surface area contributed by atoms with Crippen molar-refractivity contribution in [1.82, 2.24) is 9.80 Å². The van der Waals surface area contributed by atoms with Crippen molar-refractivity contribution >= 4 is 69.5 Å². The minimum Gasteiger partial charge on any atom is -0.494 e. The Morgan fingerprint density at radius 3 is 2.57 bits per heavy atom. The fourth-order valence-electron chi connectivity index (χ4n) is 5.15. The molecule has 3 aromatic carbocycles. The van der Waals surface area contributed by atoms with Crippen molar-refractivity contribution < 1.29 is 28.9 Å². The molecule has 1 amide bonds. The molecule has 0 aromatic heterocycles. The second kappa shape index (κ2) is 16.6. The predicted molar refractivity (Wildman–Crippen MR) is 187 cm³/mol. The summed E-state index contributed by atoms with van der Waals surface area (Å²) in [5.41, 5.74) is 3.10. The number of hydrogen-bond acceptors (Lipinski definition) is 8. The van der Waals surface area contributed by atoms with Crippen LogP contribution in [0.3, 0.4) is 0 Å². The first-order chi connectivity index (χ1) is 22.3. The third kappa shape index (κ3) is 9.47. The highest BCUT2D eigenvalue weighted by molar-refractivity contribution is 8.26. The molecule has 0 bridgehead atoms. The van der Waals surface area contributed by atoms with Crippen molar-refractivity contribution in [3.63, 3.8) is 0 Å². The molecule has 5 rings (SSSR count). The number of nitrogens with zero attached hydrogens (tertiary/aromatic N) is 2. The zero-order valence-corrected chi connectivity index (χ0v) is 28.2. The summed E-state index contributed by atoms with van der Waals surface area (Å²) in [5.74, 6) is 0.177. The summed E-state index contributed by atoms with van der Waals surface area (Å²) in [4.78, 5) is 29.0. The molecule has 2 heterocycles. The standard InChI is InChI=1S/C34H34Cl2N2O6S2/c35-26-7-8-28(29(36)22-26)24-6-9-30(44-15-2-10-37-12-16-42-17-13-37)25(20-24)21-31-33(41)38(34(45)46-31)11-3-14-43-27-5-1-4-23(18-27)19-32(39)40/h1,4-9,18,20-22H,2-3,10-17,19H2,(H,39,40)/b31-21-. The summed E-state index contributed by atoms with van der Waals surface area (Å²) < 4.78 is 18.0. The number of benzene rings is 3. The molecule has 2 saturated heterocycles. The van der Waals surface area contributed by atoms with E-state index in [2.05, 4.69) is 4.90 Å². The lowest BCUT2D eigenvalue weighted by atomic mass is 10.0. The molecule has 242 valence electrons. The van der Waals surface area contributed by atoms with Crippen LogP contribution in [0.4, 0.5) is 0 Å². The van der Waals surface area contributed by atoms with Crippen LogP contribution >= 0.6 is 47.2 Å². The number of hydrogen-bond donors (Lipinski definition) is 1. The van der Waals surface area contributed by atoms with Crippen LogP contribution in [0.15, 0.2) is 65.6 Å². The predicted octanol–water partition coefficient (Wildman–Crippen LogP) is 7.06. The highest BCUT2D eigenvalue weighted by atomic mass is 35.5. The summed E-state index contributed by atoms with van der Waals surface area (Å²) in [6, 6.07) is 18.2. The van der Waals surface area contributed by atoms with Crippen LogP contribution in [0.1, 0.15) is 24.0 Å². The molecule has 0 spiro atoms. The van der Waals surface area contributed by atoms with Gasteiger partial charge >= 0.3 is 5.97 Å². The van der Waals surface area contributed by atoms with Crippen molar-refractivity contribution in [3.8, 4) is 22.6 Å². The van der Waals surface area contributed by atoms with Gasteiger partial charge in [0.25, 0.3) is 5.91 Å². The highest BCUT2D eigenvalue weighted by Gasteiger charge is 2.32. The van der Waals surface area contributed by atoms with E-state index in [4.69, 9.17) is 54.7 Å². The van der Waals surface area contributed by atoms with E-state index in [1.165, 1.54) is 11.8 Å². The van der Waals surface area contributed by atoms with Crippen LogP contribution in [0, 0.1) is 0 Å². The van der Waals surface area contributed by atoms with E-state index < -0.39 is 5.97 Å². The number of carbonyl (C=O) groups is 2. The fraction of sp³-hybridized carbons (Fsp3) is 0.324. The maximum absolute atomic E-state index is 13.5. The first-order valence-corrected chi connectivity index (χ1v) is 17.0. The van der Waals surface area contributed by atoms with Crippen LogP contribution < -0.4 is 9.47 Å². The maximum atomic E-state index is 13.5. The number of rotatable bonds is 14. The van der Waals surface area contributed by atoms with Gasteiger partial charge in [-0.1, -0.05) is 71.4 Å². The summed E-state index contributed by atoms with van der Waals surface area (Å²) >= 11 is 19.5. The summed E-state index contributed by atoms with van der Waals surface area (Å²) in [7, 11) is 0. The van der Waals surface area contributed by atoms with Crippen LogP contribution in [-0.2, 0) is 20.7 Å². The SMILES string of the molecule is O=C(O)Cc1cccc(OCCCN2C(=O)/C(=C/c3cc(-c4ccc(Cl)cc4Cl)ccc3OCCCN3CCOCC3)SC2=S)c1. The Bertz CT molecular complexity index is 1610. The van der Waals surface area contributed by atoms with Gasteiger partial charge in [0.05, 0.1) is 37.8 Å². The largest absolute Gasteiger partial charge is 0.494 e. The van der Waals surface area contributed by atoms with Gasteiger partial charge in [-0.3, -0.25) is 19.4 Å². The molecule has 0 radical (unpaired) electrons. The van der Waals surface area contributed by atoms with E-state index in [0.717, 1.165) is 56.0 Å². The lowest BCUT2D eigenvalue weighted by molar-refractivity contribution is -0.136. The van der Waals surface area contributed by atoms with Gasteiger partial charge < -0.3 is 19.3 Å². The van der Waals surface area contributed by atoms with E-state index in [1.807, 2.05) is 30.3 Å². The smallest absolute Gasteiger partial charge is 0.307 e. The quantitative estimate of drug-likeness (QED) is 0.108. The Balaban J connectivity index is 1.26. The summed E-state index contributed by atoms with van der Waals surface area (Å²) in [5, 5.41) is 10.1. The number of halogens is 2. The molecule has 0 atom stereocenters. The third-order valence-corrected chi connectivity index (χ3v) is 9.37. The van der Waals surface area contributed by atoms with Crippen molar-refractivity contribution in [2.45, 2.75) is 19.3 Å². The summed E-state index contributed by atoms with van der Waals surface area (Å²) in [6.07, 6.45) is 3.16. The topological polar surface area (TPSA) is 88.5 Å². The molecule has 2 aliphatic rings. The second-order valence-corrected chi connectivity index (χ2v) is 13.3. The Morgan fingerprint density at radius 2 is 1.78 bits per heavy atom. The first-order valence-electron chi connectivity index (χ1n) is 15.0. The maximum Gasteiger partial charge on any atom is 0.307 e.